The number of amides is 2. The zero-order valence-electron chi connectivity index (χ0n) is 14.6. The Labute approximate surface area is 154 Å². The minimum atomic E-state index is -0.493. The van der Waals surface area contributed by atoms with Crippen LogP contribution in [0.1, 0.15) is 22.7 Å². The van der Waals surface area contributed by atoms with E-state index in [1.165, 1.54) is 0 Å². The lowest BCUT2D eigenvalue weighted by Crippen LogP contribution is -2.39. The van der Waals surface area contributed by atoms with Crippen LogP contribution in [0.4, 0.5) is 10.5 Å². The average Bonchev–Trinajstić information content (AvgIpc) is 2.67. The van der Waals surface area contributed by atoms with Crippen LogP contribution in [0.15, 0.2) is 84.9 Å². The van der Waals surface area contributed by atoms with Crippen molar-refractivity contribution in [1.82, 2.24) is 0 Å². The highest BCUT2D eigenvalue weighted by atomic mass is 16.2. The number of carbonyl (C=O) groups is 1. The van der Waals surface area contributed by atoms with Gasteiger partial charge in [-0.05, 0) is 41.8 Å². The van der Waals surface area contributed by atoms with Crippen molar-refractivity contribution in [3.63, 3.8) is 0 Å². The third-order valence-electron chi connectivity index (χ3n) is 4.35. The summed E-state index contributed by atoms with van der Waals surface area (Å²) >= 11 is 0. The van der Waals surface area contributed by atoms with Gasteiger partial charge in [-0.1, -0.05) is 72.8 Å². The van der Waals surface area contributed by atoms with Crippen LogP contribution in [-0.4, -0.2) is 12.6 Å². The zero-order valence-corrected chi connectivity index (χ0v) is 14.6. The number of nitrogens with zero attached hydrogens (tertiary/aromatic N) is 1. The van der Waals surface area contributed by atoms with Gasteiger partial charge in [0.05, 0.1) is 6.04 Å². The monoisotopic (exact) mass is 345 g/mol. The summed E-state index contributed by atoms with van der Waals surface area (Å²) in [6.07, 6.45) is 0.752. The Hall–Kier alpha value is -3.11. The van der Waals surface area contributed by atoms with Crippen LogP contribution in [0.3, 0.4) is 0 Å². The molecule has 0 unspecified atom stereocenters. The van der Waals surface area contributed by atoms with E-state index in [-0.39, 0.29) is 6.04 Å². The fraction of sp³-hybridized carbons (Fsp3) is 0.136. The summed E-state index contributed by atoms with van der Waals surface area (Å²) in [5.74, 6) is 0. The standard InChI is InChI=1S/C22H23N3O/c23-15-14-17-8-7-13-20(16-17)25(22(24)26)21(18-9-3-1-4-10-18)19-11-5-2-6-12-19/h1-13,16,21H,14-15,23H2,(H2,24,26). The molecule has 3 aromatic carbocycles. The molecular weight excluding hydrogens is 322 g/mol. The van der Waals surface area contributed by atoms with E-state index in [4.69, 9.17) is 11.5 Å². The molecule has 0 aromatic heterocycles. The van der Waals surface area contributed by atoms with Crippen molar-refractivity contribution in [2.45, 2.75) is 12.5 Å². The maximum absolute atomic E-state index is 12.5. The lowest BCUT2D eigenvalue weighted by Gasteiger charge is -2.31. The summed E-state index contributed by atoms with van der Waals surface area (Å²) in [6.45, 7) is 0.556. The molecule has 26 heavy (non-hydrogen) atoms. The molecule has 4 nitrogen and oxygen atoms in total. The van der Waals surface area contributed by atoms with Crippen LogP contribution in [-0.2, 0) is 6.42 Å². The smallest absolute Gasteiger partial charge is 0.320 e. The first-order valence-electron chi connectivity index (χ1n) is 8.68. The molecule has 0 atom stereocenters. The summed E-state index contributed by atoms with van der Waals surface area (Å²) in [6, 6.07) is 26.9. The van der Waals surface area contributed by atoms with Gasteiger partial charge in [0, 0.05) is 5.69 Å². The zero-order chi connectivity index (χ0) is 18.4. The summed E-state index contributed by atoms with van der Waals surface area (Å²) in [4.78, 5) is 14.1. The molecule has 0 spiro atoms. The Morgan fingerprint density at radius 2 is 1.42 bits per heavy atom. The van der Waals surface area contributed by atoms with E-state index in [2.05, 4.69) is 0 Å². The summed E-state index contributed by atoms with van der Waals surface area (Å²) < 4.78 is 0. The maximum atomic E-state index is 12.5. The Kier molecular flexibility index (Phi) is 5.66. The number of carbonyl (C=O) groups excluding carboxylic acids is 1. The van der Waals surface area contributed by atoms with E-state index in [1.807, 2.05) is 84.9 Å². The van der Waals surface area contributed by atoms with Gasteiger partial charge in [0.15, 0.2) is 0 Å². The topological polar surface area (TPSA) is 72.3 Å². The summed E-state index contributed by atoms with van der Waals surface area (Å²) in [7, 11) is 0. The van der Waals surface area contributed by atoms with Gasteiger partial charge in [-0.15, -0.1) is 0 Å². The first-order valence-corrected chi connectivity index (χ1v) is 8.68. The number of urea groups is 1. The van der Waals surface area contributed by atoms with Gasteiger partial charge in [0.25, 0.3) is 0 Å². The Morgan fingerprint density at radius 3 is 1.92 bits per heavy atom. The number of anilines is 1. The number of benzene rings is 3. The second kappa shape index (κ2) is 8.32. The van der Waals surface area contributed by atoms with Crippen molar-refractivity contribution >= 4 is 11.7 Å². The molecule has 4 N–H and O–H groups in total. The van der Waals surface area contributed by atoms with E-state index in [0.29, 0.717) is 6.54 Å². The van der Waals surface area contributed by atoms with Gasteiger partial charge in [0.1, 0.15) is 0 Å². The van der Waals surface area contributed by atoms with Crippen molar-refractivity contribution in [1.29, 1.82) is 0 Å². The highest BCUT2D eigenvalue weighted by Crippen LogP contribution is 2.33. The number of nitrogens with two attached hydrogens (primary N) is 2. The molecule has 0 heterocycles. The summed E-state index contributed by atoms with van der Waals surface area (Å²) in [5.41, 5.74) is 15.4. The van der Waals surface area contributed by atoms with Crippen molar-refractivity contribution < 1.29 is 4.79 Å². The van der Waals surface area contributed by atoms with Gasteiger partial charge in [-0.25, -0.2) is 4.79 Å². The predicted molar refractivity (Wildman–Crippen MR) is 106 cm³/mol. The van der Waals surface area contributed by atoms with Crippen molar-refractivity contribution in [3.05, 3.63) is 102 Å². The average molecular weight is 345 g/mol. The third kappa shape index (κ3) is 3.92. The van der Waals surface area contributed by atoms with E-state index >= 15 is 0 Å². The summed E-state index contributed by atoms with van der Waals surface area (Å²) in [5, 5.41) is 0. The molecule has 4 heteroatoms. The van der Waals surface area contributed by atoms with Crippen molar-refractivity contribution in [2.75, 3.05) is 11.4 Å². The van der Waals surface area contributed by atoms with Gasteiger partial charge in [-0.2, -0.15) is 0 Å². The van der Waals surface area contributed by atoms with Crippen LogP contribution in [0, 0.1) is 0 Å². The van der Waals surface area contributed by atoms with Gasteiger partial charge < -0.3 is 11.5 Å². The van der Waals surface area contributed by atoms with Gasteiger partial charge >= 0.3 is 6.03 Å². The van der Waals surface area contributed by atoms with Crippen LogP contribution >= 0.6 is 0 Å². The van der Waals surface area contributed by atoms with Crippen LogP contribution in [0.5, 0.6) is 0 Å². The Bertz CT molecular complexity index is 810. The highest BCUT2D eigenvalue weighted by molar-refractivity contribution is 5.92. The number of hydrogen-bond acceptors (Lipinski definition) is 2. The van der Waals surface area contributed by atoms with Crippen LogP contribution in [0.25, 0.3) is 0 Å². The normalized spacial score (nSPS) is 10.7. The first-order chi connectivity index (χ1) is 12.7. The lowest BCUT2D eigenvalue weighted by molar-refractivity contribution is 0.252. The molecule has 0 saturated heterocycles. The predicted octanol–water partition coefficient (Wildman–Crippen LogP) is 3.86. The van der Waals surface area contributed by atoms with E-state index in [9.17, 15) is 4.79 Å². The van der Waals surface area contributed by atoms with Crippen LogP contribution in [0.2, 0.25) is 0 Å². The molecule has 3 aromatic rings. The molecule has 0 saturated carbocycles. The van der Waals surface area contributed by atoms with E-state index < -0.39 is 6.03 Å². The van der Waals surface area contributed by atoms with E-state index in [0.717, 1.165) is 28.8 Å². The second-order valence-corrected chi connectivity index (χ2v) is 6.14. The van der Waals surface area contributed by atoms with E-state index in [1.54, 1.807) is 4.90 Å². The molecule has 0 aliphatic rings. The van der Waals surface area contributed by atoms with Crippen molar-refractivity contribution in [3.8, 4) is 0 Å². The molecule has 3 rings (SSSR count). The fourth-order valence-corrected chi connectivity index (χ4v) is 3.19. The highest BCUT2D eigenvalue weighted by Gasteiger charge is 2.26. The molecule has 0 aliphatic carbocycles. The fourth-order valence-electron chi connectivity index (χ4n) is 3.19. The first kappa shape index (κ1) is 17.7. The molecule has 0 aliphatic heterocycles. The minimum absolute atomic E-state index is 0.303. The molecule has 0 fully saturated rings. The molecule has 0 bridgehead atoms. The lowest BCUT2D eigenvalue weighted by atomic mass is 9.96. The van der Waals surface area contributed by atoms with Gasteiger partial charge in [0.2, 0.25) is 0 Å². The number of primary amides is 1. The van der Waals surface area contributed by atoms with Gasteiger partial charge in [-0.3, -0.25) is 4.90 Å². The quantitative estimate of drug-likeness (QED) is 0.712. The third-order valence-corrected chi connectivity index (χ3v) is 4.35. The molecule has 132 valence electrons. The minimum Gasteiger partial charge on any atom is -0.351 e. The SMILES string of the molecule is NCCc1cccc(N(C(N)=O)C(c2ccccc2)c2ccccc2)c1. The Balaban J connectivity index is 2.13. The molecule has 2 amide bonds. The largest absolute Gasteiger partial charge is 0.351 e. The van der Waals surface area contributed by atoms with Crippen molar-refractivity contribution in [2.24, 2.45) is 11.5 Å². The number of rotatable bonds is 6. The maximum Gasteiger partial charge on any atom is 0.320 e. The molecule has 0 radical (unpaired) electrons. The second-order valence-electron chi connectivity index (χ2n) is 6.14. The van der Waals surface area contributed by atoms with Crippen LogP contribution < -0.4 is 16.4 Å². The molecular formula is C22H23N3O. The number of hydrogen-bond donors (Lipinski definition) is 2. The Morgan fingerprint density at radius 1 is 0.846 bits per heavy atom.